The molecule has 0 heterocycles. The Labute approximate surface area is 153 Å². The van der Waals surface area contributed by atoms with Gasteiger partial charge in [-0.2, -0.15) is 0 Å². The third kappa shape index (κ3) is 5.35. The van der Waals surface area contributed by atoms with Gasteiger partial charge in [-0.1, -0.05) is 6.07 Å². The molecule has 0 aliphatic rings. The normalized spacial score (nSPS) is 11.5. The molecule has 2 rings (SSSR count). The van der Waals surface area contributed by atoms with E-state index in [2.05, 4.69) is 10.3 Å². The topological polar surface area (TPSA) is 72.1 Å². The standard InChI is InChI=1S/C19H25FN4O2/c1-24(2)12-14-9-13(5-7-16(14)20)11-22-19(21)23-15-6-8-17(25-3)18(10-15)26-4/h5-10H,11-12H2,1-4H3,(H3,21,22,23). The summed E-state index contributed by atoms with van der Waals surface area (Å²) < 4.78 is 24.3. The van der Waals surface area contributed by atoms with Gasteiger partial charge < -0.3 is 25.4 Å². The van der Waals surface area contributed by atoms with Crippen molar-refractivity contribution in [3.8, 4) is 11.5 Å². The van der Waals surface area contributed by atoms with Crippen LogP contribution in [0.25, 0.3) is 0 Å². The highest BCUT2D eigenvalue weighted by atomic mass is 19.1. The smallest absolute Gasteiger partial charge is 0.193 e. The number of nitrogens with one attached hydrogen (secondary N) is 1. The molecule has 0 atom stereocenters. The van der Waals surface area contributed by atoms with Crippen LogP contribution in [0.4, 0.5) is 10.1 Å². The lowest BCUT2D eigenvalue weighted by molar-refractivity contribution is 0.355. The van der Waals surface area contributed by atoms with Crippen LogP contribution in [0, 0.1) is 5.82 Å². The first-order valence-electron chi connectivity index (χ1n) is 8.14. The number of hydrogen-bond donors (Lipinski definition) is 2. The highest BCUT2D eigenvalue weighted by molar-refractivity contribution is 5.92. The predicted molar refractivity (Wildman–Crippen MR) is 102 cm³/mol. The van der Waals surface area contributed by atoms with Crippen molar-refractivity contribution in [1.29, 1.82) is 0 Å². The van der Waals surface area contributed by atoms with Crippen molar-refractivity contribution >= 4 is 11.6 Å². The molecule has 0 fully saturated rings. The molecule has 3 N–H and O–H groups in total. The van der Waals surface area contributed by atoms with Crippen molar-refractivity contribution in [3.05, 3.63) is 53.3 Å². The van der Waals surface area contributed by atoms with Crippen LogP contribution in [0.3, 0.4) is 0 Å². The van der Waals surface area contributed by atoms with E-state index in [0.29, 0.717) is 30.2 Å². The van der Waals surface area contributed by atoms with Crippen LogP contribution in [0.1, 0.15) is 11.1 Å². The fourth-order valence-electron chi connectivity index (χ4n) is 2.47. The second-order valence-electron chi connectivity index (χ2n) is 6.06. The Bertz CT molecular complexity index is 778. The van der Waals surface area contributed by atoms with Gasteiger partial charge in [0.1, 0.15) is 5.82 Å². The summed E-state index contributed by atoms with van der Waals surface area (Å²) in [6, 6.07) is 10.3. The van der Waals surface area contributed by atoms with E-state index in [0.717, 1.165) is 11.3 Å². The Morgan fingerprint density at radius 1 is 1.12 bits per heavy atom. The van der Waals surface area contributed by atoms with Gasteiger partial charge in [-0.15, -0.1) is 0 Å². The van der Waals surface area contributed by atoms with Gasteiger partial charge in [-0.25, -0.2) is 9.38 Å². The van der Waals surface area contributed by atoms with Crippen LogP contribution in [0.15, 0.2) is 41.4 Å². The molecule has 0 spiro atoms. The number of aliphatic imine (C=N–C) groups is 1. The summed E-state index contributed by atoms with van der Waals surface area (Å²) in [6.07, 6.45) is 0. The van der Waals surface area contributed by atoms with E-state index in [9.17, 15) is 4.39 Å². The van der Waals surface area contributed by atoms with E-state index in [1.807, 2.05) is 31.1 Å². The van der Waals surface area contributed by atoms with Crippen molar-refractivity contribution < 1.29 is 13.9 Å². The SMILES string of the molecule is COc1ccc(NC(N)=NCc2ccc(F)c(CN(C)C)c2)cc1OC. The monoisotopic (exact) mass is 360 g/mol. The number of benzene rings is 2. The zero-order valence-corrected chi connectivity index (χ0v) is 15.5. The first-order valence-corrected chi connectivity index (χ1v) is 8.14. The van der Waals surface area contributed by atoms with Crippen LogP contribution in [0.5, 0.6) is 11.5 Å². The predicted octanol–water partition coefficient (Wildman–Crippen LogP) is 2.83. The van der Waals surface area contributed by atoms with Gasteiger partial charge in [0.25, 0.3) is 0 Å². The van der Waals surface area contributed by atoms with Gasteiger partial charge in [-0.3, -0.25) is 0 Å². The molecule has 0 unspecified atom stereocenters. The number of methoxy groups -OCH3 is 2. The van der Waals surface area contributed by atoms with Crippen LogP contribution >= 0.6 is 0 Å². The zero-order valence-electron chi connectivity index (χ0n) is 15.5. The van der Waals surface area contributed by atoms with Crippen molar-refractivity contribution in [2.75, 3.05) is 33.6 Å². The molecule has 0 aromatic heterocycles. The third-order valence-corrected chi connectivity index (χ3v) is 3.68. The highest BCUT2D eigenvalue weighted by Crippen LogP contribution is 2.29. The molecular weight excluding hydrogens is 335 g/mol. The lowest BCUT2D eigenvalue weighted by atomic mass is 10.1. The van der Waals surface area contributed by atoms with E-state index >= 15 is 0 Å². The summed E-state index contributed by atoms with van der Waals surface area (Å²) in [5, 5.41) is 3.01. The van der Waals surface area contributed by atoms with Crippen LogP contribution in [-0.4, -0.2) is 39.2 Å². The summed E-state index contributed by atoms with van der Waals surface area (Å²) in [7, 11) is 6.94. The largest absolute Gasteiger partial charge is 0.493 e. The lowest BCUT2D eigenvalue weighted by Gasteiger charge is -2.12. The van der Waals surface area contributed by atoms with E-state index in [4.69, 9.17) is 15.2 Å². The van der Waals surface area contributed by atoms with Gasteiger partial charge in [0.15, 0.2) is 17.5 Å². The van der Waals surface area contributed by atoms with E-state index in [1.165, 1.54) is 6.07 Å². The van der Waals surface area contributed by atoms with Crippen molar-refractivity contribution in [2.45, 2.75) is 13.1 Å². The van der Waals surface area contributed by atoms with Crippen molar-refractivity contribution in [1.82, 2.24) is 4.90 Å². The maximum atomic E-state index is 13.8. The van der Waals surface area contributed by atoms with Crippen molar-refractivity contribution in [2.24, 2.45) is 10.7 Å². The van der Waals surface area contributed by atoms with E-state index in [-0.39, 0.29) is 11.8 Å². The van der Waals surface area contributed by atoms with Crippen molar-refractivity contribution in [3.63, 3.8) is 0 Å². The first-order chi connectivity index (χ1) is 12.4. The Balaban J connectivity index is 2.06. The number of nitrogens with two attached hydrogens (primary N) is 1. The Morgan fingerprint density at radius 3 is 2.50 bits per heavy atom. The summed E-state index contributed by atoms with van der Waals surface area (Å²) in [5.41, 5.74) is 8.20. The second-order valence-corrected chi connectivity index (χ2v) is 6.06. The molecule has 0 aliphatic heterocycles. The Kier molecular flexibility index (Phi) is 6.80. The fraction of sp³-hybridized carbons (Fsp3) is 0.316. The number of ether oxygens (including phenoxy) is 2. The number of halogens is 1. The molecule has 0 radical (unpaired) electrons. The average Bonchev–Trinajstić information content (AvgIpc) is 2.61. The molecule has 2 aromatic rings. The van der Waals surface area contributed by atoms with Gasteiger partial charge in [0, 0.05) is 23.9 Å². The minimum absolute atomic E-state index is 0.220. The molecule has 0 saturated heterocycles. The summed E-state index contributed by atoms with van der Waals surface area (Å²) in [5.74, 6) is 1.27. The maximum Gasteiger partial charge on any atom is 0.193 e. The molecule has 2 aromatic carbocycles. The molecule has 0 saturated carbocycles. The summed E-state index contributed by atoms with van der Waals surface area (Å²) in [6.45, 7) is 0.885. The minimum atomic E-state index is -0.220. The third-order valence-electron chi connectivity index (χ3n) is 3.68. The molecule has 140 valence electrons. The van der Waals surface area contributed by atoms with Crippen LogP contribution in [-0.2, 0) is 13.1 Å². The first kappa shape index (κ1) is 19.5. The molecule has 7 heteroatoms. The fourth-order valence-corrected chi connectivity index (χ4v) is 2.47. The second kappa shape index (κ2) is 9.05. The number of hydrogen-bond acceptors (Lipinski definition) is 4. The van der Waals surface area contributed by atoms with Gasteiger partial charge >= 0.3 is 0 Å². The Morgan fingerprint density at radius 2 is 1.85 bits per heavy atom. The average molecular weight is 360 g/mol. The molecule has 6 nitrogen and oxygen atoms in total. The minimum Gasteiger partial charge on any atom is -0.493 e. The van der Waals surface area contributed by atoms with Gasteiger partial charge in [0.2, 0.25) is 0 Å². The van der Waals surface area contributed by atoms with Gasteiger partial charge in [-0.05, 0) is 43.9 Å². The highest BCUT2D eigenvalue weighted by Gasteiger charge is 2.06. The summed E-state index contributed by atoms with van der Waals surface area (Å²) in [4.78, 5) is 6.23. The number of guanidine groups is 1. The number of anilines is 1. The molecule has 26 heavy (non-hydrogen) atoms. The van der Waals surface area contributed by atoms with Crippen LogP contribution in [0.2, 0.25) is 0 Å². The lowest BCUT2D eigenvalue weighted by Crippen LogP contribution is -2.22. The number of nitrogens with zero attached hydrogens (tertiary/aromatic N) is 2. The maximum absolute atomic E-state index is 13.8. The molecular formula is C19H25FN4O2. The zero-order chi connectivity index (χ0) is 19.1. The van der Waals surface area contributed by atoms with E-state index < -0.39 is 0 Å². The molecule has 0 amide bonds. The Hall–Kier alpha value is -2.80. The quantitative estimate of drug-likeness (QED) is 0.587. The number of rotatable bonds is 7. The molecule has 0 aliphatic carbocycles. The molecule has 0 bridgehead atoms. The van der Waals surface area contributed by atoms with Crippen LogP contribution < -0.4 is 20.5 Å². The summed E-state index contributed by atoms with van der Waals surface area (Å²) >= 11 is 0. The van der Waals surface area contributed by atoms with Gasteiger partial charge in [0.05, 0.1) is 20.8 Å². The van der Waals surface area contributed by atoms with E-state index in [1.54, 1.807) is 32.4 Å².